The SMILES string of the molecule is CN(C)S(=O)(=O)CCc1ccccc1S(=O)(=O)NC(C)(C)C. The Labute approximate surface area is 133 Å². The average molecular weight is 348 g/mol. The molecule has 0 heterocycles. The second-order valence-electron chi connectivity index (χ2n) is 6.31. The highest BCUT2D eigenvalue weighted by Gasteiger charge is 2.25. The average Bonchev–Trinajstić information content (AvgIpc) is 2.33. The molecule has 0 aliphatic rings. The Morgan fingerprint density at radius 2 is 1.59 bits per heavy atom. The molecule has 0 fully saturated rings. The van der Waals surface area contributed by atoms with Gasteiger partial charge in [0.1, 0.15) is 0 Å². The number of hydrogen-bond acceptors (Lipinski definition) is 4. The third kappa shape index (κ3) is 5.35. The van der Waals surface area contributed by atoms with Crippen LogP contribution in [0.1, 0.15) is 26.3 Å². The van der Waals surface area contributed by atoms with Crippen LogP contribution >= 0.6 is 0 Å². The van der Waals surface area contributed by atoms with Gasteiger partial charge < -0.3 is 0 Å². The van der Waals surface area contributed by atoms with Crippen molar-refractivity contribution in [2.24, 2.45) is 0 Å². The molecule has 0 unspecified atom stereocenters. The van der Waals surface area contributed by atoms with E-state index in [-0.39, 0.29) is 17.1 Å². The molecule has 1 aromatic carbocycles. The minimum atomic E-state index is -3.70. The van der Waals surface area contributed by atoms with Crippen LogP contribution in [0.4, 0.5) is 0 Å². The zero-order valence-corrected chi connectivity index (χ0v) is 15.3. The molecule has 1 N–H and O–H groups in total. The van der Waals surface area contributed by atoms with Crippen LogP contribution in [0.15, 0.2) is 29.2 Å². The summed E-state index contributed by atoms with van der Waals surface area (Å²) in [7, 11) is -4.16. The van der Waals surface area contributed by atoms with E-state index in [1.54, 1.807) is 39.0 Å². The minimum Gasteiger partial charge on any atom is -0.212 e. The van der Waals surface area contributed by atoms with Gasteiger partial charge in [0.15, 0.2) is 0 Å². The third-order valence-corrected chi connectivity index (χ3v) is 6.58. The molecule has 8 heteroatoms. The zero-order valence-electron chi connectivity index (χ0n) is 13.6. The molecule has 1 rings (SSSR count). The van der Waals surface area contributed by atoms with Gasteiger partial charge >= 0.3 is 0 Å². The molecule has 0 aromatic heterocycles. The molecule has 0 bridgehead atoms. The smallest absolute Gasteiger partial charge is 0.212 e. The number of nitrogens with zero attached hydrogens (tertiary/aromatic N) is 1. The van der Waals surface area contributed by atoms with E-state index in [0.717, 1.165) is 4.31 Å². The number of rotatable bonds is 6. The van der Waals surface area contributed by atoms with Crippen molar-refractivity contribution in [3.63, 3.8) is 0 Å². The van der Waals surface area contributed by atoms with Gasteiger partial charge in [-0.25, -0.2) is 25.9 Å². The number of hydrogen-bond donors (Lipinski definition) is 1. The molecule has 0 aliphatic carbocycles. The van der Waals surface area contributed by atoms with E-state index in [1.165, 1.54) is 20.2 Å². The highest BCUT2D eigenvalue weighted by molar-refractivity contribution is 7.89. The largest absolute Gasteiger partial charge is 0.241 e. The lowest BCUT2D eigenvalue weighted by Gasteiger charge is -2.21. The normalized spacial score (nSPS) is 13.5. The number of nitrogens with one attached hydrogen (secondary N) is 1. The van der Waals surface area contributed by atoms with Crippen LogP contribution in [-0.4, -0.2) is 46.5 Å². The summed E-state index contributed by atoms with van der Waals surface area (Å²) in [5.74, 6) is -0.137. The second-order valence-corrected chi connectivity index (χ2v) is 10.3. The van der Waals surface area contributed by atoms with Crippen molar-refractivity contribution in [3.8, 4) is 0 Å². The highest BCUT2D eigenvalue weighted by Crippen LogP contribution is 2.19. The van der Waals surface area contributed by atoms with Crippen LogP contribution in [0.5, 0.6) is 0 Å². The molecule has 0 atom stereocenters. The quantitative estimate of drug-likeness (QED) is 0.837. The Kier molecular flexibility index (Phi) is 5.77. The lowest BCUT2D eigenvalue weighted by molar-refractivity contribution is 0.490. The van der Waals surface area contributed by atoms with Crippen LogP contribution in [0.25, 0.3) is 0 Å². The van der Waals surface area contributed by atoms with Crippen LogP contribution in [0.3, 0.4) is 0 Å². The molecule has 0 saturated carbocycles. The van der Waals surface area contributed by atoms with Gasteiger partial charge in [-0.15, -0.1) is 0 Å². The molecule has 1 aromatic rings. The van der Waals surface area contributed by atoms with Crippen LogP contribution < -0.4 is 4.72 Å². The van der Waals surface area contributed by atoms with E-state index in [9.17, 15) is 16.8 Å². The summed E-state index contributed by atoms with van der Waals surface area (Å²) in [5.41, 5.74) is -0.119. The van der Waals surface area contributed by atoms with Gasteiger partial charge in [0, 0.05) is 19.6 Å². The summed E-state index contributed by atoms with van der Waals surface area (Å²) in [5, 5.41) is 0. The monoisotopic (exact) mass is 348 g/mol. The van der Waals surface area contributed by atoms with E-state index in [4.69, 9.17) is 0 Å². The predicted octanol–water partition coefficient (Wildman–Crippen LogP) is 1.20. The van der Waals surface area contributed by atoms with E-state index in [1.807, 2.05) is 0 Å². The van der Waals surface area contributed by atoms with Crippen LogP contribution in [0.2, 0.25) is 0 Å². The van der Waals surface area contributed by atoms with Crippen molar-refractivity contribution in [3.05, 3.63) is 29.8 Å². The van der Waals surface area contributed by atoms with Crippen molar-refractivity contribution < 1.29 is 16.8 Å². The summed E-state index contributed by atoms with van der Waals surface area (Å²) < 4.78 is 52.3. The molecule has 0 amide bonds. The van der Waals surface area contributed by atoms with Gasteiger partial charge in [-0.2, -0.15) is 0 Å². The van der Waals surface area contributed by atoms with E-state index >= 15 is 0 Å². The summed E-state index contributed by atoms with van der Waals surface area (Å²) in [6.45, 7) is 5.26. The molecule has 0 saturated heterocycles. The van der Waals surface area contributed by atoms with E-state index < -0.39 is 25.6 Å². The fourth-order valence-electron chi connectivity index (χ4n) is 1.85. The first-order valence-corrected chi connectivity index (χ1v) is 9.96. The van der Waals surface area contributed by atoms with Gasteiger partial charge in [-0.1, -0.05) is 18.2 Å². The van der Waals surface area contributed by atoms with Crippen LogP contribution in [0, 0.1) is 0 Å². The fourth-order valence-corrected chi connectivity index (χ4v) is 4.38. The fraction of sp³-hybridized carbons (Fsp3) is 0.571. The van der Waals surface area contributed by atoms with Gasteiger partial charge in [0.05, 0.1) is 10.6 Å². The maximum absolute atomic E-state index is 12.5. The molecule has 0 spiro atoms. The first-order chi connectivity index (χ1) is 9.85. The summed E-state index contributed by atoms with van der Waals surface area (Å²) >= 11 is 0. The van der Waals surface area contributed by atoms with Gasteiger partial charge in [0.25, 0.3) is 0 Å². The zero-order chi connectivity index (χ0) is 17.2. The molecule has 6 nitrogen and oxygen atoms in total. The van der Waals surface area contributed by atoms with Crippen molar-refractivity contribution in [2.45, 2.75) is 37.6 Å². The maximum Gasteiger partial charge on any atom is 0.241 e. The Morgan fingerprint density at radius 3 is 2.09 bits per heavy atom. The van der Waals surface area contributed by atoms with E-state index in [2.05, 4.69) is 4.72 Å². The maximum atomic E-state index is 12.5. The van der Waals surface area contributed by atoms with Gasteiger partial charge in [-0.3, -0.25) is 0 Å². The molecular formula is C14H24N2O4S2. The van der Waals surface area contributed by atoms with Crippen molar-refractivity contribution >= 4 is 20.0 Å². The summed E-state index contributed by atoms with van der Waals surface area (Å²) in [4.78, 5) is 0.124. The van der Waals surface area contributed by atoms with Gasteiger partial charge in [-0.05, 0) is 38.8 Å². The Bertz CT molecular complexity index is 717. The Balaban J connectivity index is 3.11. The first kappa shape index (κ1) is 19.1. The van der Waals surface area contributed by atoms with Gasteiger partial charge in [0.2, 0.25) is 20.0 Å². The molecular weight excluding hydrogens is 324 g/mol. The van der Waals surface area contributed by atoms with Crippen LogP contribution in [-0.2, 0) is 26.5 Å². The van der Waals surface area contributed by atoms with Crippen molar-refractivity contribution in [1.29, 1.82) is 0 Å². The minimum absolute atomic E-state index is 0.124. The predicted molar refractivity (Wildman–Crippen MR) is 87.7 cm³/mol. The van der Waals surface area contributed by atoms with Crippen molar-refractivity contribution in [1.82, 2.24) is 9.03 Å². The molecule has 22 heavy (non-hydrogen) atoms. The molecule has 0 radical (unpaired) electrons. The topological polar surface area (TPSA) is 83.6 Å². The Hall–Kier alpha value is -0.960. The summed E-state index contributed by atoms with van der Waals surface area (Å²) in [6, 6.07) is 6.46. The lowest BCUT2D eigenvalue weighted by atomic mass is 10.1. The molecule has 126 valence electrons. The number of sulfonamides is 2. The van der Waals surface area contributed by atoms with E-state index in [0.29, 0.717) is 5.56 Å². The van der Waals surface area contributed by atoms with Crippen molar-refractivity contribution in [2.75, 3.05) is 19.8 Å². The third-order valence-electron chi connectivity index (χ3n) is 2.89. The number of aryl methyl sites for hydroxylation is 1. The second kappa shape index (κ2) is 6.66. The lowest BCUT2D eigenvalue weighted by Crippen LogP contribution is -2.40. The standard InChI is InChI=1S/C14H24N2O4S2/c1-14(2,3)15-22(19,20)13-9-7-6-8-12(13)10-11-21(17,18)16(4)5/h6-9,15H,10-11H2,1-5H3. The Morgan fingerprint density at radius 1 is 1.05 bits per heavy atom. The first-order valence-electron chi connectivity index (χ1n) is 6.87. The highest BCUT2D eigenvalue weighted by atomic mass is 32.2. The number of benzene rings is 1. The molecule has 0 aliphatic heterocycles. The summed E-state index contributed by atoms with van der Waals surface area (Å²) in [6.07, 6.45) is 0.141.